The molecule has 0 radical (unpaired) electrons. The Morgan fingerprint density at radius 1 is 1.80 bits per heavy atom. The Morgan fingerprint density at radius 3 is 3.00 bits per heavy atom. The molecule has 82 valence electrons. The minimum atomic E-state index is -1.12. The van der Waals surface area contributed by atoms with E-state index in [1.807, 2.05) is 0 Å². The molecule has 0 fully saturated rings. The van der Waals surface area contributed by atoms with Gasteiger partial charge >= 0.3 is 5.97 Å². The zero-order chi connectivity index (χ0) is 11.4. The smallest absolute Gasteiger partial charge is 0.320 e. The van der Waals surface area contributed by atoms with Crippen molar-refractivity contribution in [2.24, 2.45) is 5.73 Å². The molecule has 0 bridgehead atoms. The van der Waals surface area contributed by atoms with Gasteiger partial charge in [0.2, 0.25) is 0 Å². The van der Waals surface area contributed by atoms with Gasteiger partial charge in [-0.1, -0.05) is 0 Å². The molecule has 0 spiro atoms. The summed E-state index contributed by atoms with van der Waals surface area (Å²) in [4.78, 5) is 14.2. The molecule has 0 aromatic carbocycles. The summed E-state index contributed by atoms with van der Waals surface area (Å²) in [6.45, 7) is 0. The van der Waals surface area contributed by atoms with E-state index in [0.717, 1.165) is 6.20 Å². The molecule has 15 heavy (non-hydrogen) atoms. The third-order valence-corrected chi connectivity index (χ3v) is 1.84. The van der Waals surface area contributed by atoms with Crippen LogP contribution >= 0.6 is 0 Å². The quantitative estimate of drug-likeness (QED) is 0.746. The number of carboxylic acids is 1. The predicted molar refractivity (Wildman–Crippen MR) is 50.1 cm³/mol. The van der Waals surface area contributed by atoms with Crippen LogP contribution in [0, 0.1) is 5.82 Å². The summed E-state index contributed by atoms with van der Waals surface area (Å²) in [7, 11) is 1.32. The minimum absolute atomic E-state index is 0.0255. The van der Waals surface area contributed by atoms with Gasteiger partial charge in [0.15, 0.2) is 11.6 Å². The topological polar surface area (TPSA) is 85.4 Å². The number of nitrogens with zero attached hydrogens (tertiary/aromatic N) is 1. The van der Waals surface area contributed by atoms with Crippen LogP contribution in [0.25, 0.3) is 0 Å². The lowest BCUT2D eigenvalue weighted by Crippen LogP contribution is -2.32. The first-order chi connectivity index (χ1) is 7.04. The monoisotopic (exact) mass is 214 g/mol. The van der Waals surface area contributed by atoms with Crippen molar-refractivity contribution >= 4 is 5.97 Å². The fourth-order valence-corrected chi connectivity index (χ4v) is 1.04. The lowest BCUT2D eigenvalue weighted by atomic mass is 10.1. The Hall–Kier alpha value is -1.69. The van der Waals surface area contributed by atoms with Gasteiger partial charge in [0.1, 0.15) is 6.04 Å². The van der Waals surface area contributed by atoms with Gasteiger partial charge in [-0.3, -0.25) is 9.78 Å². The Bertz CT molecular complexity index is 370. The summed E-state index contributed by atoms with van der Waals surface area (Å²) in [5, 5.41) is 8.57. The molecule has 0 aliphatic heterocycles. The van der Waals surface area contributed by atoms with E-state index in [4.69, 9.17) is 15.6 Å². The minimum Gasteiger partial charge on any atom is -0.494 e. The van der Waals surface area contributed by atoms with Crippen molar-refractivity contribution in [1.82, 2.24) is 4.98 Å². The number of methoxy groups -OCH3 is 1. The highest BCUT2D eigenvalue weighted by Crippen LogP contribution is 2.16. The van der Waals surface area contributed by atoms with Crippen molar-refractivity contribution in [2.45, 2.75) is 12.5 Å². The first kappa shape index (κ1) is 11.4. The van der Waals surface area contributed by atoms with Gasteiger partial charge in [-0.15, -0.1) is 0 Å². The van der Waals surface area contributed by atoms with Crippen LogP contribution in [0.15, 0.2) is 12.3 Å². The molecule has 0 saturated heterocycles. The molecule has 6 heteroatoms. The van der Waals surface area contributed by atoms with Crippen LogP contribution in [0.4, 0.5) is 4.39 Å². The van der Waals surface area contributed by atoms with Gasteiger partial charge in [0.25, 0.3) is 0 Å². The van der Waals surface area contributed by atoms with E-state index in [2.05, 4.69) is 4.98 Å². The van der Waals surface area contributed by atoms with E-state index in [1.54, 1.807) is 0 Å². The second-order valence-corrected chi connectivity index (χ2v) is 2.96. The van der Waals surface area contributed by atoms with Crippen LogP contribution in [0.2, 0.25) is 0 Å². The number of hydrogen-bond donors (Lipinski definition) is 2. The number of ether oxygens (including phenoxy) is 1. The normalized spacial score (nSPS) is 12.2. The highest BCUT2D eigenvalue weighted by molar-refractivity contribution is 5.73. The number of aromatic nitrogens is 1. The van der Waals surface area contributed by atoms with E-state index in [1.165, 1.54) is 13.2 Å². The SMILES string of the molecule is COc1cc(CC(N)C(=O)O)ncc1F. The third kappa shape index (κ3) is 2.88. The third-order valence-electron chi connectivity index (χ3n) is 1.84. The average molecular weight is 214 g/mol. The average Bonchev–Trinajstić information content (AvgIpc) is 2.20. The van der Waals surface area contributed by atoms with Gasteiger partial charge in [0, 0.05) is 18.2 Å². The first-order valence-corrected chi connectivity index (χ1v) is 4.21. The van der Waals surface area contributed by atoms with Gasteiger partial charge < -0.3 is 15.6 Å². The summed E-state index contributed by atoms with van der Waals surface area (Å²) < 4.78 is 17.7. The number of aliphatic carboxylic acids is 1. The molecular weight excluding hydrogens is 203 g/mol. The van der Waals surface area contributed by atoms with Crippen molar-refractivity contribution in [3.63, 3.8) is 0 Å². The van der Waals surface area contributed by atoms with E-state index in [0.29, 0.717) is 5.69 Å². The summed E-state index contributed by atoms with van der Waals surface area (Å²) in [6, 6.07) is 0.283. The molecular formula is C9H11FN2O3. The second kappa shape index (κ2) is 4.70. The Labute approximate surface area is 85.7 Å². The van der Waals surface area contributed by atoms with Crippen LogP contribution in [0.5, 0.6) is 5.75 Å². The Kier molecular flexibility index (Phi) is 3.56. The molecule has 0 aliphatic rings. The zero-order valence-corrected chi connectivity index (χ0v) is 8.11. The maximum atomic E-state index is 12.9. The van der Waals surface area contributed by atoms with E-state index < -0.39 is 17.8 Å². The molecule has 1 aromatic heterocycles. The molecule has 0 aliphatic carbocycles. The summed E-state index contributed by atoms with van der Waals surface area (Å²) >= 11 is 0. The maximum Gasteiger partial charge on any atom is 0.320 e. The highest BCUT2D eigenvalue weighted by atomic mass is 19.1. The van der Waals surface area contributed by atoms with Gasteiger partial charge in [-0.25, -0.2) is 4.39 Å². The number of carbonyl (C=O) groups is 1. The van der Waals surface area contributed by atoms with Crippen molar-refractivity contribution in [1.29, 1.82) is 0 Å². The predicted octanol–water partition coefficient (Wildman–Crippen LogP) is 0.184. The van der Waals surface area contributed by atoms with Crippen molar-refractivity contribution < 1.29 is 19.0 Å². The molecule has 1 rings (SSSR count). The standard InChI is InChI=1S/C9H11FN2O3/c1-15-8-3-5(12-4-6(8)10)2-7(11)9(13)14/h3-4,7H,2,11H2,1H3,(H,13,14). The molecule has 0 amide bonds. The number of nitrogens with two attached hydrogens (primary N) is 1. The van der Waals surface area contributed by atoms with Crippen molar-refractivity contribution in [3.8, 4) is 5.75 Å². The lowest BCUT2D eigenvalue weighted by molar-refractivity contribution is -0.138. The van der Waals surface area contributed by atoms with Gasteiger partial charge in [-0.05, 0) is 0 Å². The zero-order valence-electron chi connectivity index (χ0n) is 8.11. The molecule has 1 heterocycles. The van der Waals surface area contributed by atoms with Crippen LogP contribution in [0.3, 0.4) is 0 Å². The van der Waals surface area contributed by atoms with Gasteiger partial charge in [-0.2, -0.15) is 0 Å². The van der Waals surface area contributed by atoms with Crippen LogP contribution in [-0.2, 0) is 11.2 Å². The molecule has 5 nitrogen and oxygen atoms in total. The molecule has 3 N–H and O–H groups in total. The highest BCUT2D eigenvalue weighted by Gasteiger charge is 2.14. The molecule has 1 aromatic rings. The Morgan fingerprint density at radius 2 is 2.47 bits per heavy atom. The molecule has 1 unspecified atom stereocenters. The maximum absolute atomic E-state index is 12.9. The lowest BCUT2D eigenvalue weighted by Gasteiger charge is -2.07. The fraction of sp³-hybridized carbons (Fsp3) is 0.333. The largest absolute Gasteiger partial charge is 0.494 e. The number of halogens is 1. The molecule has 0 saturated carbocycles. The Balaban J connectivity index is 2.83. The first-order valence-electron chi connectivity index (χ1n) is 4.21. The second-order valence-electron chi connectivity index (χ2n) is 2.96. The van der Waals surface area contributed by atoms with E-state index in [9.17, 15) is 9.18 Å². The van der Waals surface area contributed by atoms with Crippen molar-refractivity contribution in [3.05, 3.63) is 23.8 Å². The summed E-state index contributed by atoms with van der Waals surface area (Å²) in [5.74, 6) is -1.69. The van der Waals surface area contributed by atoms with E-state index >= 15 is 0 Å². The molecule has 1 atom stereocenters. The number of hydrogen-bond acceptors (Lipinski definition) is 4. The van der Waals surface area contributed by atoms with Crippen LogP contribution < -0.4 is 10.5 Å². The summed E-state index contributed by atoms with van der Waals surface area (Å²) in [6.07, 6.45) is 1.01. The number of pyridine rings is 1. The van der Waals surface area contributed by atoms with Crippen molar-refractivity contribution in [2.75, 3.05) is 7.11 Å². The summed E-state index contributed by atoms with van der Waals surface area (Å²) in [5.41, 5.74) is 5.68. The van der Waals surface area contributed by atoms with Crippen LogP contribution in [-0.4, -0.2) is 29.2 Å². The van der Waals surface area contributed by atoms with Gasteiger partial charge in [0.05, 0.1) is 13.3 Å². The van der Waals surface area contributed by atoms with Crippen LogP contribution in [0.1, 0.15) is 5.69 Å². The van der Waals surface area contributed by atoms with E-state index in [-0.39, 0.29) is 12.2 Å². The number of rotatable bonds is 4. The fourth-order valence-electron chi connectivity index (χ4n) is 1.04. The number of carboxylic acid groups (broad SMARTS) is 1.